The smallest absolute Gasteiger partial charge is 0.306 e. The van der Waals surface area contributed by atoms with Gasteiger partial charge >= 0.3 is 5.97 Å². The lowest BCUT2D eigenvalue weighted by Gasteiger charge is -2.28. The number of cyclic esters (lactones) is 1. The van der Waals surface area contributed by atoms with Gasteiger partial charge in [0.25, 0.3) is 0 Å². The number of nitrogens with one attached hydrogen (secondary N) is 1. The fraction of sp³-hybridized carbons (Fsp3) is 0.500. The number of carbonyl (C=O) groups is 3. The fourth-order valence-corrected chi connectivity index (χ4v) is 3.87. The average molecular weight is 419 g/mol. The van der Waals surface area contributed by atoms with Crippen LogP contribution in [0.2, 0.25) is 5.02 Å². The van der Waals surface area contributed by atoms with Crippen molar-refractivity contribution in [2.24, 2.45) is 5.92 Å². The van der Waals surface area contributed by atoms with Gasteiger partial charge in [0.05, 0.1) is 12.0 Å². The average Bonchev–Trinajstić information content (AvgIpc) is 3.18. The van der Waals surface area contributed by atoms with Crippen LogP contribution in [-0.2, 0) is 25.7 Å². The fourth-order valence-electron chi connectivity index (χ4n) is 3.74. The van der Waals surface area contributed by atoms with E-state index in [0.29, 0.717) is 37.4 Å². The zero-order valence-electron chi connectivity index (χ0n) is 16.4. The van der Waals surface area contributed by atoms with Crippen molar-refractivity contribution in [3.8, 4) is 0 Å². The molecule has 3 rings (SSSR count). The second-order valence-corrected chi connectivity index (χ2v) is 8.00. The van der Waals surface area contributed by atoms with E-state index in [9.17, 15) is 14.4 Å². The Morgan fingerprint density at radius 1 is 1.21 bits per heavy atom. The first-order chi connectivity index (χ1) is 14.0. The predicted octanol–water partition coefficient (Wildman–Crippen LogP) is 3.24. The molecule has 2 amide bonds. The van der Waals surface area contributed by atoms with Crippen LogP contribution < -0.4 is 5.32 Å². The Labute approximate surface area is 176 Å². The molecule has 1 aromatic carbocycles. The maximum atomic E-state index is 13.1. The third kappa shape index (κ3) is 6.32. The van der Waals surface area contributed by atoms with Gasteiger partial charge in [-0.15, -0.1) is 0 Å². The summed E-state index contributed by atoms with van der Waals surface area (Å²) in [5, 5.41) is 3.54. The van der Waals surface area contributed by atoms with E-state index in [1.54, 1.807) is 17.0 Å². The van der Waals surface area contributed by atoms with Crippen LogP contribution in [-0.4, -0.2) is 41.9 Å². The molecule has 1 saturated heterocycles. The minimum Gasteiger partial charge on any atom is -0.463 e. The van der Waals surface area contributed by atoms with Crippen molar-refractivity contribution in [3.63, 3.8) is 0 Å². The van der Waals surface area contributed by atoms with Gasteiger partial charge in [-0.05, 0) is 43.4 Å². The summed E-state index contributed by atoms with van der Waals surface area (Å²) in [7, 11) is 0. The number of ether oxygens (including phenoxy) is 1. The van der Waals surface area contributed by atoms with Crippen LogP contribution in [0.15, 0.2) is 36.4 Å². The molecule has 1 N–H and O–H groups in total. The van der Waals surface area contributed by atoms with Crippen LogP contribution >= 0.6 is 11.6 Å². The Morgan fingerprint density at radius 3 is 2.79 bits per heavy atom. The summed E-state index contributed by atoms with van der Waals surface area (Å²) in [6, 6.07) is 7.20. The van der Waals surface area contributed by atoms with Gasteiger partial charge in [0.15, 0.2) is 0 Å². The topological polar surface area (TPSA) is 75.7 Å². The molecule has 2 atom stereocenters. The van der Waals surface area contributed by atoms with E-state index < -0.39 is 5.92 Å². The normalized spacial score (nSPS) is 24.1. The molecule has 0 radical (unpaired) electrons. The van der Waals surface area contributed by atoms with Gasteiger partial charge in [0.1, 0.15) is 6.61 Å². The molecule has 2 heterocycles. The Balaban J connectivity index is 1.63. The SMILES string of the molecule is O=C(C[C@@H]1C/C=C\CCC(=O)OC[C@H]2CCCN2C1=O)NCc1ccc(Cl)cc1. The molecular formula is C22H27ClN2O4. The highest BCUT2D eigenvalue weighted by Crippen LogP contribution is 2.24. The Bertz CT molecular complexity index is 763. The number of rotatable bonds is 4. The number of hydrogen-bond donors (Lipinski definition) is 1. The molecule has 1 aromatic rings. The largest absolute Gasteiger partial charge is 0.463 e. The molecular weight excluding hydrogens is 392 g/mol. The van der Waals surface area contributed by atoms with Crippen molar-refractivity contribution in [1.29, 1.82) is 0 Å². The highest BCUT2D eigenvalue weighted by Gasteiger charge is 2.34. The molecule has 6 nitrogen and oxygen atoms in total. The van der Waals surface area contributed by atoms with Crippen LogP contribution in [0.5, 0.6) is 0 Å². The Morgan fingerprint density at radius 2 is 2.00 bits per heavy atom. The van der Waals surface area contributed by atoms with Crippen LogP contribution in [0.25, 0.3) is 0 Å². The molecule has 29 heavy (non-hydrogen) atoms. The first-order valence-corrected chi connectivity index (χ1v) is 10.5. The van der Waals surface area contributed by atoms with Crippen molar-refractivity contribution in [2.75, 3.05) is 13.2 Å². The summed E-state index contributed by atoms with van der Waals surface area (Å²) in [5.41, 5.74) is 0.953. The quantitative estimate of drug-likeness (QED) is 0.601. The van der Waals surface area contributed by atoms with Crippen molar-refractivity contribution in [3.05, 3.63) is 47.0 Å². The highest BCUT2D eigenvalue weighted by atomic mass is 35.5. The van der Waals surface area contributed by atoms with Gasteiger partial charge in [-0.1, -0.05) is 35.9 Å². The molecule has 0 unspecified atom stereocenters. The maximum Gasteiger partial charge on any atom is 0.306 e. The minimum absolute atomic E-state index is 0.0320. The van der Waals surface area contributed by atoms with Gasteiger partial charge < -0.3 is 15.0 Å². The van der Waals surface area contributed by atoms with Gasteiger partial charge in [-0.3, -0.25) is 14.4 Å². The van der Waals surface area contributed by atoms with Gasteiger partial charge in [-0.25, -0.2) is 0 Å². The van der Waals surface area contributed by atoms with Gasteiger partial charge in [-0.2, -0.15) is 0 Å². The van der Waals surface area contributed by atoms with E-state index in [0.717, 1.165) is 18.4 Å². The van der Waals surface area contributed by atoms with E-state index in [2.05, 4.69) is 5.32 Å². The summed E-state index contributed by atoms with van der Waals surface area (Å²) in [6.07, 6.45) is 7.04. The summed E-state index contributed by atoms with van der Waals surface area (Å²) in [5.74, 6) is -0.823. The summed E-state index contributed by atoms with van der Waals surface area (Å²) < 4.78 is 5.33. The predicted molar refractivity (Wildman–Crippen MR) is 110 cm³/mol. The van der Waals surface area contributed by atoms with Crippen molar-refractivity contribution < 1.29 is 19.1 Å². The minimum atomic E-state index is -0.410. The van der Waals surface area contributed by atoms with Crippen LogP contribution in [0.3, 0.4) is 0 Å². The summed E-state index contributed by atoms with van der Waals surface area (Å²) in [6.45, 7) is 1.28. The monoisotopic (exact) mass is 418 g/mol. The molecule has 2 aliphatic rings. The maximum absolute atomic E-state index is 13.1. The summed E-state index contributed by atoms with van der Waals surface area (Å²) in [4.78, 5) is 39.2. The molecule has 7 heteroatoms. The Hall–Kier alpha value is -2.34. The lowest BCUT2D eigenvalue weighted by Crippen LogP contribution is -2.43. The zero-order valence-corrected chi connectivity index (χ0v) is 17.2. The third-order valence-corrected chi connectivity index (χ3v) is 5.64. The third-order valence-electron chi connectivity index (χ3n) is 5.38. The van der Waals surface area contributed by atoms with Crippen LogP contribution in [0.1, 0.15) is 44.1 Å². The van der Waals surface area contributed by atoms with Gasteiger partial charge in [0.2, 0.25) is 11.8 Å². The van der Waals surface area contributed by atoms with Gasteiger partial charge in [0, 0.05) is 31.0 Å². The number of carbonyl (C=O) groups excluding carboxylic acids is 3. The second-order valence-electron chi connectivity index (χ2n) is 7.56. The van der Waals surface area contributed by atoms with Crippen molar-refractivity contribution in [2.45, 2.75) is 51.1 Å². The molecule has 156 valence electrons. The summed E-state index contributed by atoms with van der Waals surface area (Å²) >= 11 is 5.88. The molecule has 0 aromatic heterocycles. The number of benzene rings is 1. The van der Waals surface area contributed by atoms with E-state index in [-0.39, 0.29) is 36.9 Å². The van der Waals surface area contributed by atoms with Crippen molar-refractivity contribution in [1.82, 2.24) is 10.2 Å². The molecule has 0 bridgehead atoms. The number of fused-ring (bicyclic) bond motifs is 1. The Kier molecular flexibility index (Phi) is 7.69. The lowest BCUT2D eigenvalue weighted by atomic mass is 9.97. The number of halogens is 1. The molecule has 2 aliphatic heterocycles. The number of esters is 1. The number of amides is 2. The molecule has 0 aliphatic carbocycles. The first-order valence-electron chi connectivity index (χ1n) is 10.1. The molecule has 0 spiro atoms. The first kappa shape index (κ1) is 21.4. The van der Waals surface area contributed by atoms with E-state index in [1.165, 1.54) is 0 Å². The van der Waals surface area contributed by atoms with Crippen LogP contribution in [0.4, 0.5) is 0 Å². The number of allylic oxidation sites excluding steroid dienone is 2. The molecule has 1 fully saturated rings. The second kappa shape index (κ2) is 10.4. The lowest BCUT2D eigenvalue weighted by molar-refractivity contribution is -0.148. The van der Waals surface area contributed by atoms with Crippen molar-refractivity contribution >= 4 is 29.4 Å². The standard InChI is InChI=1S/C22H27ClN2O4/c23-18-10-8-16(9-11-18)14-24-20(26)13-17-5-2-1-3-7-21(27)29-15-19-6-4-12-25(19)22(17)28/h1-2,8-11,17,19H,3-7,12-15H2,(H,24,26)/b2-1-/t17-,19+/m0/s1. The van der Waals surface area contributed by atoms with E-state index >= 15 is 0 Å². The number of hydrogen-bond acceptors (Lipinski definition) is 4. The van der Waals surface area contributed by atoms with Crippen LogP contribution in [0, 0.1) is 5.92 Å². The molecule has 0 saturated carbocycles. The highest BCUT2D eigenvalue weighted by molar-refractivity contribution is 6.30. The number of nitrogens with zero attached hydrogens (tertiary/aromatic N) is 1. The van der Waals surface area contributed by atoms with E-state index in [4.69, 9.17) is 16.3 Å². The van der Waals surface area contributed by atoms with E-state index in [1.807, 2.05) is 24.3 Å². The zero-order chi connectivity index (χ0) is 20.6.